The van der Waals surface area contributed by atoms with Crippen molar-refractivity contribution in [2.75, 3.05) is 31.1 Å². The molecule has 0 spiro atoms. The van der Waals surface area contributed by atoms with Gasteiger partial charge in [0, 0.05) is 31.9 Å². The second-order valence-electron chi connectivity index (χ2n) is 5.03. The minimum Gasteiger partial charge on any atom is -0.456 e. The number of anilines is 1. The van der Waals surface area contributed by atoms with Gasteiger partial charge in [0.05, 0.1) is 0 Å². The Morgan fingerprint density at radius 2 is 1.70 bits per heavy atom. The molecule has 4 nitrogen and oxygen atoms in total. The standard InChI is InChI=1S/C16H18N2O2/c1-13-7-8-15(20-13)16(19)18-11-9-17(10-12-18)14-5-3-2-4-6-14/h2-8H,9-12H2,1H3. The Morgan fingerprint density at radius 3 is 2.30 bits per heavy atom. The highest BCUT2D eigenvalue weighted by atomic mass is 16.3. The molecule has 1 amide bonds. The van der Waals surface area contributed by atoms with Crippen LogP contribution in [-0.2, 0) is 0 Å². The van der Waals surface area contributed by atoms with Gasteiger partial charge in [0.25, 0.3) is 5.91 Å². The van der Waals surface area contributed by atoms with Crippen LogP contribution in [0.4, 0.5) is 5.69 Å². The fourth-order valence-corrected chi connectivity index (χ4v) is 2.51. The van der Waals surface area contributed by atoms with Crippen LogP contribution in [0.3, 0.4) is 0 Å². The first-order valence-corrected chi connectivity index (χ1v) is 6.90. The van der Waals surface area contributed by atoms with E-state index in [1.807, 2.05) is 36.1 Å². The molecule has 0 atom stereocenters. The van der Waals surface area contributed by atoms with Gasteiger partial charge in [0.2, 0.25) is 0 Å². The summed E-state index contributed by atoms with van der Waals surface area (Å²) in [5, 5.41) is 0. The number of para-hydroxylation sites is 1. The molecule has 0 unspecified atom stereocenters. The summed E-state index contributed by atoms with van der Waals surface area (Å²) < 4.78 is 5.41. The van der Waals surface area contributed by atoms with E-state index in [0.29, 0.717) is 5.76 Å². The normalized spacial score (nSPS) is 15.4. The third kappa shape index (κ3) is 2.54. The summed E-state index contributed by atoms with van der Waals surface area (Å²) >= 11 is 0. The molecule has 0 saturated carbocycles. The Hall–Kier alpha value is -2.23. The van der Waals surface area contributed by atoms with Crippen LogP contribution >= 0.6 is 0 Å². The maximum absolute atomic E-state index is 12.3. The number of hydrogen-bond acceptors (Lipinski definition) is 3. The summed E-state index contributed by atoms with van der Waals surface area (Å²) in [6.45, 7) is 5.02. The second-order valence-corrected chi connectivity index (χ2v) is 5.03. The molecule has 1 saturated heterocycles. The molecule has 2 aromatic rings. The number of amides is 1. The largest absolute Gasteiger partial charge is 0.456 e. The van der Waals surface area contributed by atoms with Crippen LogP contribution in [-0.4, -0.2) is 37.0 Å². The lowest BCUT2D eigenvalue weighted by atomic mass is 10.2. The van der Waals surface area contributed by atoms with Crippen LogP contribution in [0.2, 0.25) is 0 Å². The van der Waals surface area contributed by atoms with E-state index >= 15 is 0 Å². The van der Waals surface area contributed by atoms with Gasteiger partial charge < -0.3 is 14.2 Å². The molecule has 3 rings (SSSR count). The van der Waals surface area contributed by atoms with Crippen molar-refractivity contribution < 1.29 is 9.21 Å². The van der Waals surface area contributed by atoms with Gasteiger partial charge >= 0.3 is 0 Å². The minimum absolute atomic E-state index is 0.00851. The molecule has 1 aliphatic rings. The summed E-state index contributed by atoms with van der Waals surface area (Å²) in [4.78, 5) is 16.4. The number of nitrogens with zero attached hydrogens (tertiary/aromatic N) is 2. The predicted octanol–water partition coefficient (Wildman–Crippen LogP) is 2.55. The Morgan fingerprint density at radius 1 is 1.00 bits per heavy atom. The molecule has 4 heteroatoms. The van der Waals surface area contributed by atoms with Gasteiger partial charge in [0.1, 0.15) is 5.76 Å². The molecule has 1 aromatic carbocycles. The monoisotopic (exact) mass is 270 g/mol. The van der Waals surface area contributed by atoms with E-state index in [2.05, 4.69) is 17.0 Å². The third-order valence-electron chi connectivity index (χ3n) is 3.64. The minimum atomic E-state index is -0.00851. The lowest BCUT2D eigenvalue weighted by Gasteiger charge is -2.35. The third-order valence-corrected chi connectivity index (χ3v) is 3.64. The Bertz CT molecular complexity index is 584. The van der Waals surface area contributed by atoms with Crippen molar-refractivity contribution in [3.05, 3.63) is 54.0 Å². The Kier molecular flexibility index (Phi) is 3.46. The quantitative estimate of drug-likeness (QED) is 0.841. The summed E-state index contributed by atoms with van der Waals surface area (Å²) in [7, 11) is 0. The maximum atomic E-state index is 12.3. The predicted molar refractivity (Wildman–Crippen MR) is 78.0 cm³/mol. The maximum Gasteiger partial charge on any atom is 0.289 e. The van der Waals surface area contributed by atoms with Crippen molar-refractivity contribution in [3.63, 3.8) is 0 Å². The second kappa shape index (κ2) is 5.41. The van der Waals surface area contributed by atoms with Crippen molar-refractivity contribution in [3.8, 4) is 0 Å². The van der Waals surface area contributed by atoms with Crippen LogP contribution in [0.15, 0.2) is 46.9 Å². The van der Waals surface area contributed by atoms with Crippen LogP contribution < -0.4 is 4.90 Å². The van der Waals surface area contributed by atoms with Gasteiger partial charge in [-0.15, -0.1) is 0 Å². The zero-order valence-electron chi connectivity index (χ0n) is 11.6. The number of furan rings is 1. The van der Waals surface area contributed by atoms with Crippen molar-refractivity contribution >= 4 is 11.6 Å². The number of benzene rings is 1. The molecule has 0 radical (unpaired) electrons. The van der Waals surface area contributed by atoms with Crippen LogP contribution in [0, 0.1) is 6.92 Å². The van der Waals surface area contributed by atoms with E-state index in [4.69, 9.17) is 4.42 Å². The molecular formula is C16H18N2O2. The van der Waals surface area contributed by atoms with Crippen LogP contribution in [0.25, 0.3) is 0 Å². The number of carbonyl (C=O) groups excluding carboxylic acids is 1. The Balaban J connectivity index is 1.63. The zero-order chi connectivity index (χ0) is 13.9. The van der Waals surface area contributed by atoms with E-state index < -0.39 is 0 Å². The molecule has 20 heavy (non-hydrogen) atoms. The lowest BCUT2D eigenvalue weighted by Crippen LogP contribution is -2.48. The SMILES string of the molecule is Cc1ccc(C(=O)N2CCN(c3ccccc3)CC2)o1. The average molecular weight is 270 g/mol. The number of hydrogen-bond donors (Lipinski definition) is 0. The van der Waals surface area contributed by atoms with Crippen LogP contribution in [0.1, 0.15) is 16.3 Å². The van der Waals surface area contributed by atoms with Gasteiger partial charge in [-0.3, -0.25) is 4.79 Å². The fraction of sp³-hybridized carbons (Fsp3) is 0.312. The van der Waals surface area contributed by atoms with E-state index in [9.17, 15) is 4.79 Å². The molecule has 0 N–H and O–H groups in total. The molecule has 0 bridgehead atoms. The zero-order valence-corrected chi connectivity index (χ0v) is 11.6. The molecule has 2 heterocycles. The highest BCUT2D eigenvalue weighted by Gasteiger charge is 2.23. The smallest absolute Gasteiger partial charge is 0.289 e. The van der Waals surface area contributed by atoms with Crippen LogP contribution in [0.5, 0.6) is 0 Å². The van der Waals surface area contributed by atoms with Crippen molar-refractivity contribution in [1.29, 1.82) is 0 Å². The average Bonchev–Trinajstić information content (AvgIpc) is 2.94. The van der Waals surface area contributed by atoms with Crippen molar-refractivity contribution in [1.82, 2.24) is 4.90 Å². The first-order valence-electron chi connectivity index (χ1n) is 6.90. The summed E-state index contributed by atoms with van der Waals surface area (Å²) in [5.74, 6) is 1.21. The first-order chi connectivity index (χ1) is 9.74. The summed E-state index contributed by atoms with van der Waals surface area (Å²) in [6, 6.07) is 13.9. The highest BCUT2D eigenvalue weighted by Crippen LogP contribution is 2.17. The number of piperazine rings is 1. The van der Waals surface area contributed by atoms with Crippen molar-refractivity contribution in [2.24, 2.45) is 0 Å². The highest BCUT2D eigenvalue weighted by molar-refractivity contribution is 5.91. The molecular weight excluding hydrogens is 252 g/mol. The number of aryl methyl sites for hydroxylation is 1. The first kappa shape index (κ1) is 12.8. The lowest BCUT2D eigenvalue weighted by molar-refractivity contribution is 0.0713. The Labute approximate surface area is 118 Å². The fourth-order valence-electron chi connectivity index (χ4n) is 2.51. The van der Waals surface area contributed by atoms with Gasteiger partial charge in [-0.25, -0.2) is 0 Å². The molecule has 104 valence electrons. The molecule has 1 aliphatic heterocycles. The van der Waals surface area contributed by atoms with E-state index in [1.54, 1.807) is 6.07 Å². The summed E-state index contributed by atoms with van der Waals surface area (Å²) in [5.41, 5.74) is 1.22. The molecule has 0 aliphatic carbocycles. The van der Waals surface area contributed by atoms with Crippen molar-refractivity contribution in [2.45, 2.75) is 6.92 Å². The number of carbonyl (C=O) groups is 1. The molecule has 1 aromatic heterocycles. The van der Waals surface area contributed by atoms with Gasteiger partial charge in [0.15, 0.2) is 5.76 Å². The topological polar surface area (TPSA) is 36.7 Å². The molecule has 1 fully saturated rings. The van der Waals surface area contributed by atoms with E-state index in [0.717, 1.165) is 31.9 Å². The van der Waals surface area contributed by atoms with Gasteiger partial charge in [-0.05, 0) is 31.2 Å². The van der Waals surface area contributed by atoms with Gasteiger partial charge in [-0.1, -0.05) is 18.2 Å². The van der Waals surface area contributed by atoms with Gasteiger partial charge in [-0.2, -0.15) is 0 Å². The van der Waals surface area contributed by atoms with E-state index in [1.165, 1.54) is 5.69 Å². The summed E-state index contributed by atoms with van der Waals surface area (Å²) in [6.07, 6.45) is 0. The van der Waals surface area contributed by atoms with E-state index in [-0.39, 0.29) is 5.91 Å². The number of rotatable bonds is 2.